The molecule has 4 N–H and O–H groups in total. The van der Waals surface area contributed by atoms with E-state index in [-0.39, 0.29) is 17.9 Å². The van der Waals surface area contributed by atoms with E-state index >= 15 is 0 Å². The highest BCUT2D eigenvalue weighted by Crippen LogP contribution is 2.29. The highest BCUT2D eigenvalue weighted by Gasteiger charge is 2.29. The topological polar surface area (TPSA) is 79.0 Å². The predicted molar refractivity (Wildman–Crippen MR) is 56.6 cm³/mol. The normalized spacial score (nSPS) is 11.0. The Morgan fingerprint density at radius 3 is 2.24 bits per heavy atom. The SMILES string of the molecule is N=C(N)CC(=O)Nc1ccc(C(F)(F)F)cc1. The molecular formula is C10H10F3N3O. The van der Waals surface area contributed by atoms with Crippen LogP contribution in [0.25, 0.3) is 0 Å². The van der Waals surface area contributed by atoms with Crippen LogP contribution in [0, 0.1) is 5.41 Å². The van der Waals surface area contributed by atoms with Crippen molar-refractivity contribution in [3.63, 3.8) is 0 Å². The lowest BCUT2D eigenvalue weighted by Crippen LogP contribution is -2.21. The number of rotatable bonds is 3. The number of nitrogens with one attached hydrogen (secondary N) is 2. The number of alkyl halides is 3. The second-order valence-electron chi connectivity index (χ2n) is 3.33. The number of amides is 1. The summed E-state index contributed by atoms with van der Waals surface area (Å²) < 4.78 is 36.7. The number of hydrogen-bond donors (Lipinski definition) is 3. The molecule has 7 heteroatoms. The van der Waals surface area contributed by atoms with Crippen molar-refractivity contribution in [2.45, 2.75) is 12.6 Å². The van der Waals surface area contributed by atoms with Crippen molar-refractivity contribution in [1.82, 2.24) is 0 Å². The minimum atomic E-state index is -4.40. The third-order valence-electron chi connectivity index (χ3n) is 1.85. The summed E-state index contributed by atoms with van der Waals surface area (Å²) in [6.07, 6.45) is -4.69. The molecule has 0 heterocycles. The van der Waals surface area contributed by atoms with Crippen molar-refractivity contribution in [2.24, 2.45) is 5.73 Å². The molecule has 0 aliphatic heterocycles. The Morgan fingerprint density at radius 1 is 1.29 bits per heavy atom. The molecule has 0 aliphatic rings. The maximum absolute atomic E-state index is 12.2. The van der Waals surface area contributed by atoms with Crippen LogP contribution in [0.5, 0.6) is 0 Å². The molecule has 0 fully saturated rings. The highest BCUT2D eigenvalue weighted by molar-refractivity contribution is 6.03. The third-order valence-corrected chi connectivity index (χ3v) is 1.85. The van der Waals surface area contributed by atoms with E-state index in [1.807, 2.05) is 0 Å². The lowest BCUT2D eigenvalue weighted by Gasteiger charge is -2.08. The van der Waals surface area contributed by atoms with E-state index in [1.54, 1.807) is 0 Å². The van der Waals surface area contributed by atoms with E-state index in [9.17, 15) is 18.0 Å². The van der Waals surface area contributed by atoms with Gasteiger partial charge in [0.25, 0.3) is 0 Å². The van der Waals surface area contributed by atoms with Crippen LogP contribution in [0.3, 0.4) is 0 Å². The smallest absolute Gasteiger partial charge is 0.387 e. The van der Waals surface area contributed by atoms with Gasteiger partial charge in [-0.1, -0.05) is 0 Å². The van der Waals surface area contributed by atoms with Crippen molar-refractivity contribution in [2.75, 3.05) is 5.32 Å². The highest BCUT2D eigenvalue weighted by atomic mass is 19.4. The number of halogens is 3. The zero-order valence-corrected chi connectivity index (χ0v) is 8.64. The molecule has 1 amide bonds. The first-order valence-corrected chi connectivity index (χ1v) is 4.59. The standard InChI is InChI=1S/C10H10F3N3O/c11-10(12,13)6-1-3-7(4-2-6)16-9(17)5-8(14)15/h1-4H,5H2,(H3,14,15)(H,16,17). The molecule has 1 rings (SSSR count). The number of amidine groups is 1. The van der Waals surface area contributed by atoms with Gasteiger partial charge in [0.05, 0.1) is 12.0 Å². The maximum atomic E-state index is 12.2. The number of benzene rings is 1. The van der Waals surface area contributed by atoms with Gasteiger partial charge in [-0.3, -0.25) is 10.2 Å². The molecule has 1 aromatic rings. The molecule has 0 unspecified atom stereocenters. The quantitative estimate of drug-likeness (QED) is 0.562. The maximum Gasteiger partial charge on any atom is 0.416 e. The molecule has 0 spiro atoms. The first-order chi connectivity index (χ1) is 7.79. The zero-order valence-electron chi connectivity index (χ0n) is 8.64. The van der Waals surface area contributed by atoms with Crippen molar-refractivity contribution in [3.8, 4) is 0 Å². The Labute approximate surface area is 95.1 Å². The average Bonchev–Trinajstić information content (AvgIpc) is 2.15. The molecule has 0 saturated heterocycles. The molecule has 4 nitrogen and oxygen atoms in total. The number of carbonyl (C=O) groups is 1. The van der Waals surface area contributed by atoms with Crippen LogP contribution in [0.2, 0.25) is 0 Å². The van der Waals surface area contributed by atoms with Crippen LogP contribution in [0.1, 0.15) is 12.0 Å². The first kappa shape index (κ1) is 13.0. The van der Waals surface area contributed by atoms with E-state index in [0.717, 1.165) is 24.3 Å². The summed E-state index contributed by atoms with van der Waals surface area (Å²) in [7, 11) is 0. The van der Waals surface area contributed by atoms with Gasteiger partial charge in [-0.2, -0.15) is 13.2 Å². The molecule has 0 saturated carbocycles. The minimum Gasteiger partial charge on any atom is -0.387 e. The number of carbonyl (C=O) groups excluding carboxylic acids is 1. The van der Waals surface area contributed by atoms with Gasteiger partial charge in [-0.05, 0) is 24.3 Å². The van der Waals surface area contributed by atoms with Crippen LogP contribution in [0.4, 0.5) is 18.9 Å². The molecule has 0 aromatic heterocycles. The number of hydrogen-bond acceptors (Lipinski definition) is 2. The van der Waals surface area contributed by atoms with Crippen molar-refractivity contribution >= 4 is 17.4 Å². The van der Waals surface area contributed by atoms with Crippen molar-refractivity contribution < 1.29 is 18.0 Å². The van der Waals surface area contributed by atoms with Gasteiger partial charge in [0, 0.05) is 5.69 Å². The second kappa shape index (κ2) is 4.86. The fourth-order valence-electron chi connectivity index (χ4n) is 1.12. The van der Waals surface area contributed by atoms with Crippen LogP contribution in [0.15, 0.2) is 24.3 Å². The number of nitrogens with two attached hydrogens (primary N) is 1. The summed E-state index contributed by atoms with van der Waals surface area (Å²) in [6.45, 7) is 0. The summed E-state index contributed by atoms with van der Waals surface area (Å²) in [5.74, 6) is -0.855. The van der Waals surface area contributed by atoms with E-state index in [2.05, 4.69) is 5.32 Å². The molecule has 0 radical (unpaired) electrons. The molecule has 1 aromatic carbocycles. The molecule has 17 heavy (non-hydrogen) atoms. The largest absolute Gasteiger partial charge is 0.416 e. The summed E-state index contributed by atoms with van der Waals surface area (Å²) in [5.41, 5.74) is 4.44. The Bertz CT molecular complexity index is 425. The lowest BCUT2D eigenvalue weighted by atomic mass is 10.2. The fraction of sp³-hybridized carbons (Fsp3) is 0.200. The minimum absolute atomic E-state index is 0.226. The van der Waals surface area contributed by atoms with E-state index < -0.39 is 17.6 Å². The van der Waals surface area contributed by atoms with E-state index in [1.165, 1.54) is 0 Å². The van der Waals surface area contributed by atoms with Gasteiger partial charge < -0.3 is 11.1 Å². The molecule has 0 atom stereocenters. The molecular weight excluding hydrogens is 235 g/mol. The van der Waals surface area contributed by atoms with Crippen LogP contribution < -0.4 is 11.1 Å². The lowest BCUT2D eigenvalue weighted by molar-refractivity contribution is -0.137. The Kier molecular flexibility index (Phi) is 3.72. The number of anilines is 1. The van der Waals surface area contributed by atoms with Gasteiger partial charge in [-0.25, -0.2) is 0 Å². The monoisotopic (exact) mass is 245 g/mol. The predicted octanol–water partition coefficient (Wildman–Crippen LogP) is 1.97. The molecule has 92 valence electrons. The van der Waals surface area contributed by atoms with Gasteiger partial charge in [0.1, 0.15) is 5.84 Å². The third kappa shape index (κ3) is 4.13. The van der Waals surface area contributed by atoms with Crippen molar-refractivity contribution in [1.29, 1.82) is 5.41 Å². The van der Waals surface area contributed by atoms with Gasteiger partial charge in [0.2, 0.25) is 5.91 Å². The average molecular weight is 245 g/mol. The molecule has 0 bridgehead atoms. The summed E-state index contributed by atoms with van der Waals surface area (Å²) in [4.78, 5) is 11.2. The second-order valence-corrected chi connectivity index (χ2v) is 3.33. The Morgan fingerprint density at radius 2 is 1.82 bits per heavy atom. The van der Waals surface area contributed by atoms with Gasteiger partial charge in [-0.15, -0.1) is 0 Å². The molecule has 0 aliphatic carbocycles. The summed E-state index contributed by atoms with van der Waals surface area (Å²) in [6, 6.07) is 4.01. The van der Waals surface area contributed by atoms with Crippen LogP contribution in [-0.2, 0) is 11.0 Å². The summed E-state index contributed by atoms with van der Waals surface area (Å²) in [5, 5.41) is 9.20. The van der Waals surface area contributed by atoms with Crippen molar-refractivity contribution in [3.05, 3.63) is 29.8 Å². The fourth-order valence-corrected chi connectivity index (χ4v) is 1.12. The van der Waals surface area contributed by atoms with E-state index in [0.29, 0.717) is 0 Å². The Hall–Kier alpha value is -2.05. The first-order valence-electron chi connectivity index (χ1n) is 4.59. The van der Waals surface area contributed by atoms with Crippen LogP contribution >= 0.6 is 0 Å². The zero-order chi connectivity index (χ0) is 13.1. The summed E-state index contributed by atoms with van der Waals surface area (Å²) >= 11 is 0. The van der Waals surface area contributed by atoms with E-state index in [4.69, 9.17) is 11.1 Å². The Balaban J connectivity index is 2.69. The van der Waals surface area contributed by atoms with Crippen LogP contribution in [-0.4, -0.2) is 11.7 Å². The van der Waals surface area contributed by atoms with Gasteiger partial charge in [0.15, 0.2) is 0 Å². The van der Waals surface area contributed by atoms with Gasteiger partial charge >= 0.3 is 6.18 Å².